The molecular formula is C14H20N2O2S. The molecule has 0 aromatic heterocycles. The van der Waals surface area contributed by atoms with Gasteiger partial charge in [-0.15, -0.1) is 6.58 Å². The van der Waals surface area contributed by atoms with E-state index in [1.807, 2.05) is 12.1 Å². The molecule has 1 aromatic carbocycles. The summed E-state index contributed by atoms with van der Waals surface area (Å²) in [6.45, 7) is 4.75. The normalized spacial score (nSPS) is 15.4. The van der Waals surface area contributed by atoms with Crippen molar-refractivity contribution < 1.29 is 8.42 Å². The first-order chi connectivity index (χ1) is 9.12. The lowest BCUT2D eigenvalue weighted by Gasteiger charge is -2.07. The molecule has 1 saturated carbocycles. The Morgan fingerprint density at radius 3 is 2.53 bits per heavy atom. The summed E-state index contributed by atoms with van der Waals surface area (Å²) in [7, 11) is -3.39. The van der Waals surface area contributed by atoms with Crippen molar-refractivity contribution in [2.24, 2.45) is 0 Å². The second kappa shape index (κ2) is 6.32. The van der Waals surface area contributed by atoms with Gasteiger partial charge in [-0.1, -0.05) is 18.2 Å². The highest BCUT2D eigenvalue weighted by atomic mass is 32.2. The van der Waals surface area contributed by atoms with Crippen LogP contribution in [0.5, 0.6) is 0 Å². The molecule has 1 aliphatic rings. The fourth-order valence-electron chi connectivity index (χ4n) is 1.71. The van der Waals surface area contributed by atoms with E-state index in [2.05, 4.69) is 16.6 Å². The lowest BCUT2D eigenvalue weighted by atomic mass is 10.2. The Kier molecular flexibility index (Phi) is 4.74. The Bertz CT molecular complexity index is 519. The van der Waals surface area contributed by atoms with Crippen LogP contribution in [0.15, 0.2) is 41.8 Å². The third-order valence-corrected chi connectivity index (χ3v) is 4.52. The van der Waals surface area contributed by atoms with Crippen LogP contribution in [0.25, 0.3) is 0 Å². The van der Waals surface area contributed by atoms with Gasteiger partial charge in [0.15, 0.2) is 0 Å². The summed E-state index contributed by atoms with van der Waals surface area (Å²) < 4.78 is 26.4. The molecule has 1 fully saturated rings. The topological polar surface area (TPSA) is 58.2 Å². The predicted molar refractivity (Wildman–Crippen MR) is 76.3 cm³/mol. The molecule has 2 N–H and O–H groups in total. The van der Waals surface area contributed by atoms with E-state index < -0.39 is 10.0 Å². The van der Waals surface area contributed by atoms with Crippen LogP contribution in [-0.2, 0) is 16.6 Å². The largest absolute Gasteiger partial charge is 0.310 e. The van der Waals surface area contributed by atoms with Crippen molar-refractivity contribution in [3.8, 4) is 0 Å². The Balaban J connectivity index is 1.93. The molecule has 19 heavy (non-hydrogen) atoms. The molecule has 1 aliphatic carbocycles. The van der Waals surface area contributed by atoms with Crippen molar-refractivity contribution in [1.29, 1.82) is 0 Å². The van der Waals surface area contributed by atoms with Crippen LogP contribution in [0.4, 0.5) is 0 Å². The van der Waals surface area contributed by atoms with Crippen molar-refractivity contribution >= 4 is 10.0 Å². The predicted octanol–water partition coefficient (Wildman–Crippen LogP) is 1.79. The van der Waals surface area contributed by atoms with E-state index in [0.717, 1.165) is 12.1 Å². The minimum Gasteiger partial charge on any atom is -0.310 e. The fraction of sp³-hybridized carbons (Fsp3) is 0.429. The molecule has 4 nitrogen and oxygen atoms in total. The third kappa shape index (κ3) is 4.45. The van der Waals surface area contributed by atoms with Crippen molar-refractivity contribution in [3.63, 3.8) is 0 Å². The van der Waals surface area contributed by atoms with E-state index in [9.17, 15) is 8.42 Å². The Labute approximate surface area is 115 Å². The third-order valence-electron chi connectivity index (χ3n) is 3.05. The van der Waals surface area contributed by atoms with Crippen molar-refractivity contribution in [3.05, 3.63) is 42.5 Å². The first-order valence-corrected chi connectivity index (χ1v) is 8.03. The molecule has 5 heteroatoms. The maximum Gasteiger partial charge on any atom is 0.240 e. The summed E-state index contributed by atoms with van der Waals surface area (Å²) in [6.07, 6.45) is 4.82. The second-order valence-electron chi connectivity index (χ2n) is 4.77. The molecule has 104 valence electrons. The Morgan fingerprint density at radius 1 is 1.26 bits per heavy atom. The van der Waals surface area contributed by atoms with Gasteiger partial charge in [-0.2, -0.15) is 0 Å². The second-order valence-corrected chi connectivity index (χ2v) is 6.54. The number of sulfonamides is 1. The lowest BCUT2D eigenvalue weighted by Crippen LogP contribution is -2.24. The molecule has 0 saturated heterocycles. The zero-order valence-corrected chi connectivity index (χ0v) is 11.7. The highest BCUT2D eigenvalue weighted by Gasteiger charge is 2.20. The molecule has 0 unspecified atom stereocenters. The SMILES string of the molecule is C=CCCNS(=O)(=O)c1ccc(CNC2CC2)cc1. The van der Waals surface area contributed by atoms with Crippen LogP contribution in [0.3, 0.4) is 0 Å². The number of nitrogens with one attached hydrogen (secondary N) is 2. The fourth-order valence-corrected chi connectivity index (χ4v) is 2.76. The standard InChI is InChI=1S/C14H20N2O2S/c1-2-3-10-16-19(17,18)14-8-4-12(5-9-14)11-15-13-6-7-13/h2,4-5,8-9,13,15-16H,1,3,6-7,10-11H2. The van der Waals surface area contributed by atoms with Gasteiger partial charge in [0.25, 0.3) is 0 Å². The van der Waals surface area contributed by atoms with Crippen molar-refractivity contribution in [2.75, 3.05) is 6.54 Å². The summed E-state index contributed by atoms with van der Waals surface area (Å²) in [5.41, 5.74) is 1.11. The van der Waals surface area contributed by atoms with Crippen LogP contribution < -0.4 is 10.0 Å². The quantitative estimate of drug-likeness (QED) is 0.564. The van der Waals surface area contributed by atoms with E-state index in [1.165, 1.54) is 12.8 Å². The van der Waals surface area contributed by atoms with Gasteiger partial charge < -0.3 is 5.32 Å². The molecular weight excluding hydrogens is 260 g/mol. The zero-order chi connectivity index (χ0) is 13.7. The van der Waals surface area contributed by atoms with E-state index in [0.29, 0.717) is 23.9 Å². The highest BCUT2D eigenvalue weighted by Crippen LogP contribution is 2.19. The maximum atomic E-state index is 11.9. The molecule has 0 bridgehead atoms. The summed E-state index contributed by atoms with van der Waals surface area (Å²) in [5, 5.41) is 3.40. The van der Waals surface area contributed by atoms with Gasteiger partial charge in [0.05, 0.1) is 4.90 Å². The van der Waals surface area contributed by atoms with E-state index in [-0.39, 0.29) is 0 Å². The minimum absolute atomic E-state index is 0.312. The molecule has 0 heterocycles. The summed E-state index contributed by atoms with van der Waals surface area (Å²) >= 11 is 0. The molecule has 2 rings (SSSR count). The summed E-state index contributed by atoms with van der Waals surface area (Å²) in [6, 6.07) is 7.68. The average molecular weight is 280 g/mol. The highest BCUT2D eigenvalue weighted by molar-refractivity contribution is 7.89. The zero-order valence-electron chi connectivity index (χ0n) is 10.9. The lowest BCUT2D eigenvalue weighted by molar-refractivity contribution is 0.582. The van der Waals surface area contributed by atoms with Crippen LogP contribution in [0.1, 0.15) is 24.8 Å². The molecule has 0 radical (unpaired) electrons. The molecule has 0 aliphatic heterocycles. The number of hydrogen-bond donors (Lipinski definition) is 2. The van der Waals surface area contributed by atoms with Gasteiger partial charge in [0, 0.05) is 19.1 Å². The first kappa shape index (κ1) is 14.2. The molecule has 0 spiro atoms. The molecule has 1 aromatic rings. The van der Waals surface area contributed by atoms with E-state index in [4.69, 9.17) is 0 Å². The molecule has 0 amide bonds. The van der Waals surface area contributed by atoms with Crippen molar-refractivity contribution in [1.82, 2.24) is 10.0 Å². The van der Waals surface area contributed by atoms with Gasteiger partial charge in [-0.05, 0) is 37.0 Å². The van der Waals surface area contributed by atoms with Crippen LogP contribution >= 0.6 is 0 Å². The number of benzene rings is 1. The Hall–Kier alpha value is -1.17. The average Bonchev–Trinajstić information content (AvgIpc) is 3.21. The van der Waals surface area contributed by atoms with Crippen LogP contribution in [0, 0.1) is 0 Å². The van der Waals surface area contributed by atoms with Gasteiger partial charge in [-0.25, -0.2) is 13.1 Å². The maximum absolute atomic E-state index is 11.9. The van der Waals surface area contributed by atoms with Gasteiger partial charge in [-0.3, -0.25) is 0 Å². The Morgan fingerprint density at radius 2 is 1.95 bits per heavy atom. The number of rotatable bonds is 8. The van der Waals surface area contributed by atoms with E-state index in [1.54, 1.807) is 18.2 Å². The smallest absolute Gasteiger partial charge is 0.240 e. The summed E-state index contributed by atoms with van der Waals surface area (Å²) in [4.78, 5) is 0.312. The first-order valence-electron chi connectivity index (χ1n) is 6.55. The van der Waals surface area contributed by atoms with Crippen LogP contribution in [-0.4, -0.2) is 21.0 Å². The van der Waals surface area contributed by atoms with Gasteiger partial charge in [0.1, 0.15) is 0 Å². The van der Waals surface area contributed by atoms with Gasteiger partial charge >= 0.3 is 0 Å². The summed E-state index contributed by atoms with van der Waals surface area (Å²) in [5.74, 6) is 0. The monoisotopic (exact) mass is 280 g/mol. The van der Waals surface area contributed by atoms with Crippen molar-refractivity contribution in [2.45, 2.75) is 36.7 Å². The van der Waals surface area contributed by atoms with E-state index >= 15 is 0 Å². The number of hydrogen-bond acceptors (Lipinski definition) is 3. The molecule has 0 atom stereocenters. The minimum atomic E-state index is -3.39. The van der Waals surface area contributed by atoms with Gasteiger partial charge in [0.2, 0.25) is 10.0 Å². The van der Waals surface area contributed by atoms with Crippen LogP contribution in [0.2, 0.25) is 0 Å².